The maximum absolute atomic E-state index is 13.2. The van der Waals surface area contributed by atoms with Crippen LogP contribution < -0.4 is 10.6 Å². The lowest BCUT2D eigenvalue weighted by atomic mass is 10.0. The number of aromatic nitrogens is 2. The number of methoxy groups -OCH3 is 1. The smallest absolute Gasteiger partial charge is 0.411 e. The average molecular weight is 538 g/mol. The summed E-state index contributed by atoms with van der Waals surface area (Å²) in [6.07, 6.45) is 3.23. The van der Waals surface area contributed by atoms with Crippen molar-refractivity contribution in [2.45, 2.75) is 44.2 Å². The van der Waals surface area contributed by atoms with Gasteiger partial charge in [-0.3, -0.25) is 15.0 Å². The van der Waals surface area contributed by atoms with Crippen LogP contribution in [0.2, 0.25) is 5.02 Å². The standard InChI is InChI=1S/C27H28ClN5O5/c1-37-26(35)30-18-9-10-19-20(14-18)31-24(34)8-3-2-7-22(25-29-15-21(19)32-25)33-12-11-23(38-27(33)36)16-5-4-6-17(28)13-16/h4-6,9-10,13-15,22-23H,2-3,7-8,11-12H2,1H3,(H,29,32)(H,30,35)(H,31,34)/t22-,23?/m0/s1. The van der Waals surface area contributed by atoms with Crippen molar-refractivity contribution >= 4 is 41.1 Å². The summed E-state index contributed by atoms with van der Waals surface area (Å²) in [6, 6.07) is 12.2. The number of ether oxygens (including phenoxy) is 2. The number of carbonyl (C=O) groups is 3. The number of nitrogens with zero attached hydrogens (tertiary/aromatic N) is 2. The van der Waals surface area contributed by atoms with E-state index in [4.69, 9.17) is 16.3 Å². The molecular weight excluding hydrogens is 510 g/mol. The summed E-state index contributed by atoms with van der Waals surface area (Å²) in [6.45, 7) is 0.496. The van der Waals surface area contributed by atoms with Crippen molar-refractivity contribution in [3.63, 3.8) is 0 Å². The molecule has 1 fully saturated rings. The highest BCUT2D eigenvalue weighted by atomic mass is 35.5. The third-order valence-electron chi connectivity index (χ3n) is 6.76. The first-order valence-corrected chi connectivity index (χ1v) is 12.9. The lowest BCUT2D eigenvalue weighted by Gasteiger charge is -2.36. The maximum atomic E-state index is 13.2. The SMILES string of the molecule is COC(=O)Nc1ccc2c(c1)NC(=O)CCCC[C@H](N1CCC(c3cccc(Cl)c3)OC1=O)c1ncc-2[nH]1. The summed E-state index contributed by atoms with van der Waals surface area (Å²) in [7, 11) is 1.28. The van der Waals surface area contributed by atoms with E-state index in [0.717, 1.165) is 5.56 Å². The van der Waals surface area contributed by atoms with Gasteiger partial charge in [-0.25, -0.2) is 14.6 Å². The summed E-state index contributed by atoms with van der Waals surface area (Å²) in [4.78, 5) is 47.2. The van der Waals surface area contributed by atoms with Crippen LogP contribution in [0.1, 0.15) is 55.6 Å². The van der Waals surface area contributed by atoms with Gasteiger partial charge < -0.3 is 19.8 Å². The van der Waals surface area contributed by atoms with Crippen LogP contribution in [-0.2, 0) is 14.3 Å². The third-order valence-corrected chi connectivity index (χ3v) is 7.00. The topological polar surface area (TPSA) is 126 Å². The van der Waals surface area contributed by atoms with Crippen LogP contribution in [0.3, 0.4) is 0 Å². The molecule has 2 aliphatic rings. The fourth-order valence-corrected chi connectivity index (χ4v) is 5.07. The first kappa shape index (κ1) is 25.6. The Morgan fingerprint density at radius 2 is 2.05 bits per heavy atom. The highest BCUT2D eigenvalue weighted by molar-refractivity contribution is 6.30. The van der Waals surface area contributed by atoms with Gasteiger partial charge >= 0.3 is 12.2 Å². The van der Waals surface area contributed by atoms with Crippen molar-refractivity contribution in [1.29, 1.82) is 0 Å². The van der Waals surface area contributed by atoms with Crippen LogP contribution in [0.25, 0.3) is 11.3 Å². The quantitative estimate of drug-likeness (QED) is 0.373. The van der Waals surface area contributed by atoms with E-state index < -0.39 is 12.2 Å². The molecule has 2 aromatic carbocycles. The Morgan fingerprint density at radius 1 is 1.18 bits per heavy atom. The Bertz CT molecular complexity index is 1360. The number of H-pyrrole nitrogens is 1. The molecule has 198 valence electrons. The van der Waals surface area contributed by atoms with Gasteiger partial charge in [-0.05, 0) is 48.7 Å². The second-order valence-electron chi connectivity index (χ2n) is 9.28. The Hall–Kier alpha value is -4.05. The van der Waals surface area contributed by atoms with E-state index >= 15 is 0 Å². The molecule has 2 aliphatic heterocycles. The lowest BCUT2D eigenvalue weighted by molar-refractivity contribution is -0.116. The number of hydrogen-bond donors (Lipinski definition) is 3. The summed E-state index contributed by atoms with van der Waals surface area (Å²) >= 11 is 6.13. The summed E-state index contributed by atoms with van der Waals surface area (Å²) in [5.41, 5.74) is 3.25. The molecule has 3 aromatic rings. The number of amides is 3. The molecule has 0 saturated carbocycles. The number of cyclic esters (lactones) is 1. The summed E-state index contributed by atoms with van der Waals surface area (Å²) in [5.74, 6) is 0.507. The number of hydrogen-bond acceptors (Lipinski definition) is 6. The van der Waals surface area contributed by atoms with Crippen LogP contribution in [0, 0.1) is 0 Å². The fourth-order valence-electron chi connectivity index (χ4n) is 4.87. The molecule has 0 aliphatic carbocycles. The number of aromatic amines is 1. The largest absolute Gasteiger partial charge is 0.453 e. The van der Waals surface area contributed by atoms with Crippen molar-refractivity contribution in [2.75, 3.05) is 24.3 Å². The second-order valence-corrected chi connectivity index (χ2v) is 9.71. The predicted octanol–water partition coefficient (Wildman–Crippen LogP) is 6.05. The molecule has 38 heavy (non-hydrogen) atoms. The lowest BCUT2D eigenvalue weighted by Crippen LogP contribution is -2.42. The zero-order valence-corrected chi connectivity index (χ0v) is 21.6. The minimum Gasteiger partial charge on any atom is -0.453 e. The predicted molar refractivity (Wildman–Crippen MR) is 142 cm³/mol. The third kappa shape index (κ3) is 5.60. The van der Waals surface area contributed by atoms with Crippen molar-refractivity contribution in [3.8, 4) is 11.3 Å². The first-order valence-electron chi connectivity index (χ1n) is 12.5. The number of benzene rings is 2. The molecule has 10 nitrogen and oxygen atoms in total. The number of halogens is 1. The van der Waals surface area contributed by atoms with E-state index in [2.05, 4.69) is 25.3 Å². The number of nitrogens with one attached hydrogen (secondary N) is 3. The molecule has 1 saturated heterocycles. The molecule has 2 bridgehead atoms. The molecule has 1 unspecified atom stereocenters. The number of imidazole rings is 1. The van der Waals surface area contributed by atoms with Crippen LogP contribution in [0.4, 0.5) is 21.0 Å². The van der Waals surface area contributed by atoms with Crippen molar-refractivity contribution in [1.82, 2.24) is 14.9 Å². The van der Waals surface area contributed by atoms with Crippen molar-refractivity contribution in [3.05, 3.63) is 65.1 Å². The van der Waals surface area contributed by atoms with Crippen molar-refractivity contribution in [2.24, 2.45) is 0 Å². The summed E-state index contributed by atoms with van der Waals surface area (Å²) < 4.78 is 10.5. The number of fused-ring (bicyclic) bond motifs is 4. The molecule has 2 atom stereocenters. The molecule has 1 aromatic heterocycles. The molecular formula is C27H28ClN5O5. The molecule has 3 N–H and O–H groups in total. The maximum Gasteiger partial charge on any atom is 0.411 e. The molecule has 3 amide bonds. The van der Waals surface area contributed by atoms with Gasteiger partial charge in [0, 0.05) is 35.7 Å². The number of rotatable bonds is 3. The van der Waals surface area contributed by atoms with E-state index in [0.29, 0.717) is 72.1 Å². The molecule has 3 heterocycles. The number of carbonyl (C=O) groups excluding carboxylic acids is 3. The van der Waals surface area contributed by atoms with Gasteiger partial charge in [-0.2, -0.15) is 0 Å². The fraction of sp³-hybridized carbons (Fsp3) is 0.333. The van der Waals surface area contributed by atoms with Gasteiger partial charge in [0.25, 0.3) is 0 Å². The van der Waals surface area contributed by atoms with E-state index in [1.54, 1.807) is 35.4 Å². The summed E-state index contributed by atoms with van der Waals surface area (Å²) in [5, 5.41) is 6.15. The minimum absolute atomic E-state index is 0.139. The minimum atomic E-state index is -0.609. The normalized spacial score (nSPS) is 19.8. The van der Waals surface area contributed by atoms with Crippen LogP contribution >= 0.6 is 11.6 Å². The molecule has 0 spiro atoms. The van der Waals surface area contributed by atoms with E-state index in [-0.39, 0.29) is 18.1 Å². The highest BCUT2D eigenvalue weighted by Crippen LogP contribution is 2.36. The molecule has 0 radical (unpaired) electrons. The first-order chi connectivity index (χ1) is 18.4. The van der Waals surface area contributed by atoms with Crippen LogP contribution in [0.15, 0.2) is 48.7 Å². The van der Waals surface area contributed by atoms with Crippen LogP contribution in [0.5, 0.6) is 0 Å². The van der Waals surface area contributed by atoms with Gasteiger partial charge in [0.15, 0.2) is 0 Å². The zero-order valence-electron chi connectivity index (χ0n) is 20.8. The van der Waals surface area contributed by atoms with Gasteiger partial charge in [0.2, 0.25) is 5.91 Å². The second kappa shape index (κ2) is 11.1. The van der Waals surface area contributed by atoms with Crippen molar-refractivity contribution < 1.29 is 23.9 Å². The Labute approximate surface area is 224 Å². The van der Waals surface area contributed by atoms with Gasteiger partial charge in [0.05, 0.1) is 30.7 Å². The van der Waals surface area contributed by atoms with E-state index in [9.17, 15) is 14.4 Å². The average Bonchev–Trinajstić information content (AvgIpc) is 3.38. The van der Waals surface area contributed by atoms with E-state index in [1.807, 2.05) is 18.2 Å². The molecule has 5 rings (SSSR count). The van der Waals surface area contributed by atoms with Gasteiger partial charge in [-0.15, -0.1) is 0 Å². The van der Waals surface area contributed by atoms with Gasteiger partial charge in [-0.1, -0.05) is 30.2 Å². The Kier molecular flexibility index (Phi) is 7.50. The van der Waals surface area contributed by atoms with E-state index in [1.165, 1.54) is 7.11 Å². The van der Waals surface area contributed by atoms with Crippen LogP contribution in [-0.4, -0.2) is 46.6 Å². The monoisotopic (exact) mass is 537 g/mol. The molecule has 11 heteroatoms. The number of anilines is 2. The Morgan fingerprint density at radius 3 is 2.84 bits per heavy atom. The Balaban J connectivity index is 1.42. The van der Waals surface area contributed by atoms with Gasteiger partial charge in [0.1, 0.15) is 11.9 Å². The zero-order chi connectivity index (χ0) is 26.6. The highest BCUT2D eigenvalue weighted by Gasteiger charge is 2.35.